The minimum atomic E-state index is -4.45. The maximum atomic E-state index is 12.8. The molecule has 0 fully saturated rings. The van der Waals surface area contributed by atoms with Crippen molar-refractivity contribution in [2.45, 2.75) is 22.4 Å². The molecule has 0 saturated carbocycles. The minimum absolute atomic E-state index is 0.185. The third kappa shape index (κ3) is 4.02. The molecular formula is C16H10F3N3O3S. The number of ketones is 2. The molecule has 0 amide bonds. The first-order chi connectivity index (χ1) is 12.3. The number of halogens is 3. The van der Waals surface area contributed by atoms with E-state index in [1.165, 1.54) is 24.5 Å². The van der Waals surface area contributed by atoms with E-state index in [-0.39, 0.29) is 18.0 Å². The molecule has 26 heavy (non-hydrogen) atoms. The summed E-state index contributed by atoms with van der Waals surface area (Å²) in [4.78, 5) is 28.3. The number of H-pyrrole nitrogens is 1. The molecule has 0 saturated heterocycles. The minimum Gasteiger partial charge on any atom is -0.468 e. The number of nitrogens with zero attached hydrogens (tertiary/aromatic N) is 2. The Hall–Kier alpha value is -2.88. The summed E-state index contributed by atoms with van der Waals surface area (Å²) in [5.74, 6) is -1.63. The number of carbonyl (C=O) groups excluding carboxylic acids is 2. The summed E-state index contributed by atoms with van der Waals surface area (Å²) in [5.41, 5.74) is -0.774. The van der Waals surface area contributed by atoms with Crippen molar-refractivity contribution >= 4 is 23.3 Å². The summed E-state index contributed by atoms with van der Waals surface area (Å²) in [6.45, 7) is 0. The average molecular weight is 381 g/mol. The van der Waals surface area contributed by atoms with Gasteiger partial charge in [-0.1, -0.05) is 17.8 Å². The van der Waals surface area contributed by atoms with Gasteiger partial charge in [0.05, 0.1) is 23.1 Å². The van der Waals surface area contributed by atoms with E-state index < -0.39 is 23.3 Å². The summed E-state index contributed by atoms with van der Waals surface area (Å²) in [7, 11) is 0. The molecule has 0 atom stereocenters. The van der Waals surface area contributed by atoms with Crippen molar-refractivity contribution < 1.29 is 27.2 Å². The molecule has 0 bridgehead atoms. The van der Waals surface area contributed by atoms with Gasteiger partial charge in [0.2, 0.25) is 5.78 Å². The van der Waals surface area contributed by atoms with Crippen LogP contribution in [0.2, 0.25) is 0 Å². The van der Waals surface area contributed by atoms with E-state index in [1.54, 1.807) is 0 Å². The third-order valence-corrected chi connectivity index (χ3v) is 4.37. The highest BCUT2D eigenvalue weighted by atomic mass is 32.2. The Kier molecular flexibility index (Phi) is 4.94. The molecule has 0 unspecified atom stereocenters. The average Bonchev–Trinajstić information content (AvgIpc) is 3.26. The Morgan fingerprint density at radius 3 is 2.73 bits per heavy atom. The van der Waals surface area contributed by atoms with Crippen molar-refractivity contribution in [3.05, 3.63) is 60.1 Å². The van der Waals surface area contributed by atoms with Gasteiger partial charge in [0, 0.05) is 4.90 Å². The van der Waals surface area contributed by atoms with E-state index >= 15 is 0 Å². The van der Waals surface area contributed by atoms with E-state index in [1.807, 2.05) is 0 Å². The molecule has 0 aliphatic rings. The second-order valence-electron chi connectivity index (χ2n) is 5.10. The SMILES string of the molecule is O=C(Cc1occc1Sc1cccc(C(F)(F)F)c1)C(=O)c1ncn[nH]1. The lowest BCUT2D eigenvalue weighted by Gasteiger charge is -2.08. The zero-order valence-electron chi connectivity index (χ0n) is 12.9. The lowest BCUT2D eigenvalue weighted by Crippen LogP contribution is -2.18. The summed E-state index contributed by atoms with van der Waals surface area (Å²) in [6.07, 6.45) is -2.39. The topological polar surface area (TPSA) is 88.8 Å². The molecule has 0 spiro atoms. The first kappa shape index (κ1) is 17.9. The predicted octanol–water partition coefficient (Wildman–Crippen LogP) is 3.56. The van der Waals surface area contributed by atoms with Gasteiger partial charge >= 0.3 is 6.18 Å². The van der Waals surface area contributed by atoms with Gasteiger partial charge in [-0.3, -0.25) is 14.7 Å². The normalized spacial score (nSPS) is 11.5. The predicted molar refractivity (Wildman–Crippen MR) is 83.7 cm³/mol. The van der Waals surface area contributed by atoms with Crippen molar-refractivity contribution in [2.24, 2.45) is 0 Å². The van der Waals surface area contributed by atoms with Gasteiger partial charge in [-0.05, 0) is 24.3 Å². The van der Waals surface area contributed by atoms with Crippen LogP contribution < -0.4 is 0 Å². The van der Waals surface area contributed by atoms with E-state index in [2.05, 4.69) is 15.2 Å². The van der Waals surface area contributed by atoms with Gasteiger partial charge in [0.25, 0.3) is 5.78 Å². The molecule has 3 rings (SSSR count). The van der Waals surface area contributed by atoms with E-state index in [9.17, 15) is 22.8 Å². The van der Waals surface area contributed by atoms with Crippen LogP contribution >= 0.6 is 11.8 Å². The molecule has 1 N–H and O–H groups in total. The fourth-order valence-electron chi connectivity index (χ4n) is 2.08. The van der Waals surface area contributed by atoms with Crippen molar-refractivity contribution in [2.75, 3.05) is 0 Å². The highest BCUT2D eigenvalue weighted by Gasteiger charge is 2.30. The molecule has 6 nitrogen and oxygen atoms in total. The van der Waals surface area contributed by atoms with Crippen LogP contribution in [0.1, 0.15) is 21.9 Å². The second kappa shape index (κ2) is 7.16. The fraction of sp³-hybridized carbons (Fsp3) is 0.125. The highest BCUT2D eigenvalue weighted by molar-refractivity contribution is 7.99. The van der Waals surface area contributed by atoms with E-state index in [4.69, 9.17) is 4.42 Å². The molecule has 0 aliphatic carbocycles. The lowest BCUT2D eigenvalue weighted by molar-refractivity contribution is -0.137. The van der Waals surface area contributed by atoms with Crippen molar-refractivity contribution in [1.29, 1.82) is 0 Å². The Bertz CT molecular complexity index is 936. The Balaban J connectivity index is 1.75. The maximum absolute atomic E-state index is 12.8. The van der Waals surface area contributed by atoms with E-state index in [0.29, 0.717) is 9.79 Å². The third-order valence-electron chi connectivity index (χ3n) is 3.30. The molecule has 10 heteroatoms. The number of benzene rings is 1. The Morgan fingerprint density at radius 1 is 1.23 bits per heavy atom. The zero-order valence-corrected chi connectivity index (χ0v) is 13.7. The summed E-state index contributed by atoms with van der Waals surface area (Å²) >= 11 is 1.01. The molecular weight excluding hydrogens is 371 g/mol. The number of nitrogens with one attached hydrogen (secondary N) is 1. The number of carbonyl (C=O) groups is 2. The van der Waals surface area contributed by atoms with E-state index in [0.717, 1.165) is 30.2 Å². The summed E-state index contributed by atoms with van der Waals surface area (Å²) in [5, 5.41) is 5.79. The first-order valence-electron chi connectivity index (χ1n) is 7.19. The quantitative estimate of drug-likeness (QED) is 0.519. The molecule has 3 aromatic rings. The van der Waals surface area contributed by atoms with Crippen LogP contribution in [0.3, 0.4) is 0 Å². The van der Waals surface area contributed by atoms with Crippen LogP contribution in [0.5, 0.6) is 0 Å². The molecule has 0 aliphatic heterocycles. The number of aromatic amines is 1. The molecule has 1 aromatic carbocycles. The largest absolute Gasteiger partial charge is 0.468 e. The standard InChI is InChI=1S/C16H10F3N3O3S/c17-16(18,19)9-2-1-3-10(6-9)26-13-4-5-25-12(13)7-11(23)14(24)15-20-8-21-22-15/h1-6,8H,7H2,(H,20,21,22). The summed E-state index contributed by atoms with van der Waals surface area (Å²) in [6, 6.07) is 6.30. The maximum Gasteiger partial charge on any atom is 0.416 e. The summed E-state index contributed by atoms with van der Waals surface area (Å²) < 4.78 is 43.6. The highest BCUT2D eigenvalue weighted by Crippen LogP contribution is 2.36. The van der Waals surface area contributed by atoms with Crippen LogP contribution in [-0.2, 0) is 17.4 Å². The number of aromatic nitrogens is 3. The molecule has 0 radical (unpaired) electrons. The Labute approximate surface area is 148 Å². The van der Waals surface area contributed by atoms with Gasteiger partial charge in [0.15, 0.2) is 5.82 Å². The first-order valence-corrected chi connectivity index (χ1v) is 8.00. The van der Waals surface area contributed by atoms with Crippen LogP contribution in [0, 0.1) is 0 Å². The number of alkyl halides is 3. The number of hydrogen-bond donors (Lipinski definition) is 1. The van der Waals surface area contributed by atoms with Gasteiger partial charge in [-0.15, -0.1) is 0 Å². The second-order valence-corrected chi connectivity index (χ2v) is 6.21. The van der Waals surface area contributed by atoms with Gasteiger partial charge < -0.3 is 4.42 Å². The van der Waals surface area contributed by atoms with Crippen molar-refractivity contribution in [1.82, 2.24) is 15.2 Å². The van der Waals surface area contributed by atoms with Gasteiger partial charge in [-0.2, -0.15) is 18.3 Å². The number of rotatable bonds is 6. The lowest BCUT2D eigenvalue weighted by atomic mass is 10.1. The molecule has 2 aromatic heterocycles. The smallest absolute Gasteiger partial charge is 0.416 e. The number of furan rings is 1. The zero-order chi connectivity index (χ0) is 18.7. The van der Waals surface area contributed by atoms with Gasteiger partial charge in [0.1, 0.15) is 12.1 Å². The monoisotopic (exact) mass is 381 g/mol. The van der Waals surface area contributed by atoms with Gasteiger partial charge in [-0.25, -0.2) is 4.98 Å². The van der Waals surface area contributed by atoms with Crippen molar-refractivity contribution in [3.8, 4) is 0 Å². The number of hydrogen-bond acceptors (Lipinski definition) is 6. The fourth-order valence-corrected chi connectivity index (χ4v) is 3.03. The van der Waals surface area contributed by atoms with Crippen LogP contribution in [0.15, 0.2) is 57.1 Å². The van der Waals surface area contributed by atoms with Crippen LogP contribution in [0.25, 0.3) is 0 Å². The molecule has 134 valence electrons. The molecule has 2 heterocycles. The van der Waals surface area contributed by atoms with Crippen molar-refractivity contribution in [3.63, 3.8) is 0 Å². The number of Topliss-reactive ketones (excluding diaryl/α,β-unsaturated/α-hetero) is 2. The van der Waals surface area contributed by atoms with Crippen LogP contribution in [0.4, 0.5) is 13.2 Å². The van der Waals surface area contributed by atoms with Crippen LogP contribution in [-0.4, -0.2) is 26.7 Å². The Morgan fingerprint density at radius 2 is 2.04 bits per heavy atom.